The maximum atomic E-state index is 12.0. The van der Waals surface area contributed by atoms with Crippen molar-refractivity contribution < 1.29 is 9.53 Å². The second-order valence-corrected chi connectivity index (χ2v) is 6.08. The van der Waals surface area contributed by atoms with Crippen molar-refractivity contribution >= 4 is 5.91 Å². The van der Waals surface area contributed by atoms with Crippen LogP contribution in [0.2, 0.25) is 0 Å². The van der Waals surface area contributed by atoms with E-state index < -0.39 is 0 Å². The minimum absolute atomic E-state index is 0.171. The first-order valence-electron chi connectivity index (χ1n) is 8.32. The molecular weight excluding hydrogens is 278 g/mol. The largest absolute Gasteiger partial charge is 0.379 e. The van der Waals surface area contributed by atoms with E-state index in [9.17, 15) is 4.79 Å². The highest BCUT2D eigenvalue weighted by atomic mass is 16.5. The maximum absolute atomic E-state index is 12.0. The molecule has 5 nitrogen and oxygen atoms in total. The number of pyridine rings is 1. The van der Waals surface area contributed by atoms with Crippen LogP contribution in [-0.4, -0.2) is 53.5 Å². The van der Waals surface area contributed by atoms with E-state index in [1.54, 1.807) is 0 Å². The van der Waals surface area contributed by atoms with Crippen molar-refractivity contribution in [2.75, 3.05) is 32.8 Å². The van der Waals surface area contributed by atoms with Gasteiger partial charge in [0.15, 0.2) is 0 Å². The van der Waals surface area contributed by atoms with E-state index in [0.29, 0.717) is 6.42 Å². The van der Waals surface area contributed by atoms with Gasteiger partial charge in [-0.2, -0.15) is 0 Å². The first-order valence-corrected chi connectivity index (χ1v) is 8.32. The average molecular weight is 303 g/mol. The molecule has 2 aliphatic rings. The van der Waals surface area contributed by atoms with Gasteiger partial charge in [-0.3, -0.25) is 14.7 Å². The number of carbonyl (C=O) groups excluding carboxylic acids is 1. The summed E-state index contributed by atoms with van der Waals surface area (Å²) in [7, 11) is 0. The van der Waals surface area contributed by atoms with Crippen LogP contribution in [-0.2, 0) is 16.1 Å². The average Bonchev–Trinajstić information content (AvgIpc) is 3.05. The number of likely N-dealkylation sites (tertiary alicyclic amines) is 1. The fourth-order valence-corrected chi connectivity index (χ4v) is 3.32. The number of morpholine rings is 1. The summed E-state index contributed by atoms with van der Waals surface area (Å²) in [6, 6.07) is 4.43. The predicted molar refractivity (Wildman–Crippen MR) is 84.3 cm³/mol. The molecule has 3 heterocycles. The van der Waals surface area contributed by atoms with Crippen LogP contribution in [0.25, 0.3) is 0 Å². The van der Waals surface area contributed by atoms with Crippen LogP contribution in [0.4, 0.5) is 0 Å². The van der Waals surface area contributed by atoms with Crippen LogP contribution in [0, 0.1) is 0 Å². The Labute approximate surface area is 132 Å². The highest BCUT2D eigenvalue weighted by Crippen LogP contribution is 2.31. The van der Waals surface area contributed by atoms with Crippen LogP contribution in [0.3, 0.4) is 0 Å². The van der Waals surface area contributed by atoms with Crippen molar-refractivity contribution in [3.63, 3.8) is 0 Å². The van der Waals surface area contributed by atoms with Crippen LogP contribution < -0.4 is 0 Å². The zero-order valence-electron chi connectivity index (χ0n) is 13.3. The van der Waals surface area contributed by atoms with E-state index in [0.717, 1.165) is 57.9 Å². The normalized spacial score (nSPS) is 23.0. The summed E-state index contributed by atoms with van der Waals surface area (Å²) >= 11 is 0. The van der Waals surface area contributed by atoms with Crippen molar-refractivity contribution in [3.05, 3.63) is 29.6 Å². The summed E-state index contributed by atoms with van der Waals surface area (Å²) in [4.78, 5) is 21.0. The quantitative estimate of drug-likeness (QED) is 0.853. The molecule has 0 bridgehead atoms. The minimum Gasteiger partial charge on any atom is -0.379 e. The molecule has 0 aromatic carbocycles. The number of amides is 1. The first kappa shape index (κ1) is 15.4. The third kappa shape index (κ3) is 3.47. The Bertz CT molecular complexity index is 497. The highest BCUT2D eigenvalue weighted by molar-refractivity contribution is 5.76. The summed E-state index contributed by atoms with van der Waals surface area (Å²) in [6.45, 7) is 7.35. The maximum Gasteiger partial charge on any atom is 0.222 e. The molecule has 1 aromatic heterocycles. The fourth-order valence-electron chi connectivity index (χ4n) is 3.32. The molecule has 22 heavy (non-hydrogen) atoms. The zero-order valence-corrected chi connectivity index (χ0v) is 13.3. The Balaban J connectivity index is 1.64. The molecule has 1 atom stereocenters. The fraction of sp³-hybridized carbons (Fsp3) is 0.647. The molecule has 3 rings (SSSR count). The molecule has 1 aromatic rings. The minimum atomic E-state index is 0.171. The Morgan fingerprint density at radius 1 is 1.32 bits per heavy atom. The number of aromatic nitrogens is 1. The van der Waals surface area contributed by atoms with Gasteiger partial charge >= 0.3 is 0 Å². The zero-order chi connectivity index (χ0) is 15.4. The molecule has 0 saturated carbocycles. The lowest BCUT2D eigenvalue weighted by Gasteiger charge is -2.27. The number of ether oxygens (including phenoxy) is 1. The van der Waals surface area contributed by atoms with Gasteiger partial charge in [-0.05, 0) is 24.5 Å². The lowest BCUT2D eigenvalue weighted by Crippen LogP contribution is -2.35. The van der Waals surface area contributed by atoms with Gasteiger partial charge in [0.05, 0.1) is 24.9 Å². The van der Waals surface area contributed by atoms with Crippen LogP contribution >= 0.6 is 0 Å². The molecule has 2 saturated heterocycles. The summed E-state index contributed by atoms with van der Waals surface area (Å²) in [5.74, 6) is 0.238. The third-order valence-corrected chi connectivity index (χ3v) is 4.57. The molecule has 2 aliphatic heterocycles. The summed E-state index contributed by atoms with van der Waals surface area (Å²) in [5, 5.41) is 0. The standard InChI is InChI=1S/C17H25N3O2/c1-2-17(21)20-7-3-4-16(20)15-6-5-14(12-18-15)13-19-8-10-22-11-9-19/h5-6,12,16H,2-4,7-11,13H2,1H3/t16-/m0/s1. The molecule has 0 aliphatic carbocycles. The second kappa shape index (κ2) is 7.20. The number of hydrogen-bond donors (Lipinski definition) is 0. The number of hydrogen-bond acceptors (Lipinski definition) is 4. The SMILES string of the molecule is CCC(=O)N1CCC[C@H]1c1ccc(CN2CCOCC2)cn1. The molecule has 0 N–H and O–H groups in total. The van der Waals surface area contributed by atoms with Gasteiger partial charge in [-0.15, -0.1) is 0 Å². The van der Waals surface area contributed by atoms with E-state index in [4.69, 9.17) is 4.74 Å². The van der Waals surface area contributed by atoms with Gasteiger partial charge in [0.1, 0.15) is 0 Å². The second-order valence-electron chi connectivity index (χ2n) is 6.08. The van der Waals surface area contributed by atoms with E-state index in [1.807, 2.05) is 18.0 Å². The van der Waals surface area contributed by atoms with Crippen molar-refractivity contribution in [3.8, 4) is 0 Å². The topological polar surface area (TPSA) is 45.7 Å². The Kier molecular flexibility index (Phi) is 5.05. The van der Waals surface area contributed by atoms with Gasteiger partial charge in [0, 0.05) is 38.8 Å². The highest BCUT2D eigenvalue weighted by Gasteiger charge is 2.29. The van der Waals surface area contributed by atoms with E-state index in [1.165, 1.54) is 5.56 Å². The summed E-state index contributed by atoms with van der Waals surface area (Å²) in [5.41, 5.74) is 2.27. The summed E-state index contributed by atoms with van der Waals surface area (Å²) in [6.07, 6.45) is 4.65. The van der Waals surface area contributed by atoms with Gasteiger partial charge in [0.25, 0.3) is 0 Å². The number of nitrogens with zero attached hydrogens (tertiary/aromatic N) is 3. The van der Waals surface area contributed by atoms with Crippen molar-refractivity contribution in [2.45, 2.75) is 38.8 Å². The monoisotopic (exact) mass is 303 g/mol. The number of rotatable bonds is 4. The van der Waals surface area contributed by atoms with Gasteiger partial charge in [-0.25, -0.2) is 0 Å². The molecule has 0 spiro atoms. The van der Waals surface area contributed by atoms with Gasteiger partial charge in [0.2, 0.25) is 5.91 Å². The Morgan fingerprint density at radius 2 is 2.14 bits per heavy atom. The lowest BCUT2D eigenvalue weighted by molar-refractivity contribution is -0.131. The van der Waals surface area contributed by atoms with Crippen LogP contribution in [0.1, 0.15) is 43.5 Å². The van der Waals surface area contributed by atoms with Crippen LogP contribution in [0.15, 0.2) is 18.3 Å². The molecule has 2 fully saturated rings. The first-order chi connectivity index (χ1) is 10.8. The van der Waals surface area contributed by atoms with E-state index in [-0.39, 0.29) is 11.9 Å². The van der Waals surface area contributed by atoms with Crippen LogP contribution in [0.5, 0.6) is 0 Å². The molecule has 5 heteroatoms. The van der Waals surface area contributed by atoms with E-state index >= 15 is 0 Å². The molecule has 1 amide bonds. The van der Waals surface area contributed by atoms with Gasteiger partial charge < -0.3 is 9.64 Å². The van der Waals surface area contributed by atoms with Crippen molar-refractivity contribution in [2.24, 2.45) is 0 Å². The molecule has 120 valence electrons. The predicted octanol–water partition coefficient (Wildman–Crippen LogP) is 1.99. The molecular formula is C17H25N3O2. The van der Waals surface area contributed by atoms with Crippen molar-refractivity contribution in [1.29, 1.82) is 0 Å². The third-order valence-electron chi connectivity index (χ3n) is 4.57. The van der Waals surface area contributed by atoms with Crippen molar-refractivity contribution in [1.82, 2.24) is 14.8 Å². The van der Waals surface area contributed by atoms with Gasteiger partial charge in [-0.1, -0.05) is 13.0 Å². The molecule has 0 radical (unpaired) electrons. The lowest BCUT2D eigenvalue weighted by atomic mass is 10.1. The van der Waals surface area contributed by atoms with E-state index in [2.05, 4.69) is 22.0 Å². The Hall–Kier alpha value is -1.46. The summed E-state index contributed by atoms with van der Waals surface area (Å²) < 4.78 is 5.37. The smallest absolute Gasteiger partial charge is 0.222 e. The molecule has 0 unspecified atom stereocenters. The number of carbonyl (C=O) groups is 1. The Morgan fingerprint density at radius 3 is 2.82 bits per heavy atom.